The molecule has 1 aromatic carbocycles. The van der Waals surface area contributed by atoms with Crippen molar-refractivity contribution in [1.29, 1.82) is 0 Å². The Bertz CT molecular complexity index is 358. The van der Waals surface area contributed by atoms with Crippen molar-refractivity contribution in [3.8, 4) is 0 Å². The Morgan fingerprint density at radius 3 is 2.43 bits per heavy atom. The summed E-state index contributed by atoms with van der Waals surface area (Å²) in [6, 6.07) is 4.91. The fourth-order valence-corrected chi connectivity index (χ4v) is 1.28. The molecule has 0 atom stereocenters. The van der Waals surface area contributed by atoms with Crippen LogP contribution in [0.3, 0.4) is 0 Å². The third kappa shape index (κ3) is 3.46. The van der Waals surface area contributed by atoms with E-state index in [-0.39, 0.29) is 5.98 Å². The highest BCUT2D eigenvalue weighted by Crippen LogP contribution is 2.20. The lowest BCUT2D eigenvalue weighted by Crippen LogP contribution is -2.09. The van der Waals surface area contributed by atoms with Crippen LogP contribution < -0.4 is 0 Å². The van der Waals surface area contributed by atoms with Gasteiger partial charge in [0.15, 0.2) is 0 Å². The predicted molar refractivity (Wildman–Crippen MR) is 54.3 cm³/mol. The predicted octanol–water partition coefficient (Wildman–Crippen LogP) is 4.05. The second-order valence-corrected chi connectivity index (χ2v) is 3.42. The van der Waals surface area contributed by atoms with Crippen molar-refractivity contribution < 1.29 is 12.9 Å². The van der Waals surface area contributed by atoms with Crippen molar-refractivity contribution in [3.63, 3.8) is 0 Å². The lowest BCUT2D eigenvalue weighted by atomic mass is 9.90. The van der Waals surface area contributed by atoms with Crippen molar-refractivity contribution in [1.82, 2.24) is 0 Å². The van der Waals surface area contributed by atoms with Gasteiger partial charge in [0.05, 0.1) is 0 Å². The van der Waals surface area contributed by atoms with E-state index in [1.54, 1.807) is 18.2 Å². The molecule has 1 rings (SSSR count). The second-order valence-electron chi connectivity index (χ2n) is 3.01. The summed E-state index contributed by atoms with van der Waals surface area (Å²) in [5.74, 6) is 0.233. The van der Waals surface area contributed by atoms with Gasteiger partial charge >= 0.3 is 6.98 Å². The molecule has 0 aliphatic heterocycles. The van der Waals surface area contributed by atoms with E-state index in [1.165, 1.54) is 0 Å². The number of rotatable bonds is 2. The fourth-order valence-electron chi connectivity index (χ4n) is 0.980. The molecule has 0 amide bonds. The Morgan fingerprint density at radius 1 is 1.29 bits per heavy atom. The number of benzene rings is 1. The van der Waals surface area contributed by atoms with Gasteiger partial charge in [0, 0.05) is 5.02 Å². The third-order valence-electron chi connectivity index (χ3n) is 1.65. The van der Waals surface area contributed by atoms with E-state index in [2.05, 4.69) is 0 Å². The Labute approximate surface area is 85.4 Å². The third-order valence-corrected chi connectivity index (χ3v) is 1.98. The Hall–Kier alpha value is -0.895. The molecule has 0 N–H and O–H groups in total. The Kier molecular flexibility index (Phi) is 3.27. The first-order valence-electron chi connectivity index (χ1n) is 4.04. The minimum atomic E-state index is -4.89. The van der Waals surface area contributed by atoms with Gasteiger partial charge in [-0.05, 0) is 24.1 Å². The highest BCUT2D eigenvalue weighted by atomic mass is 35.5. The van der Waals surface area contributed by atoms with Gasteiger partial charge in [0.1, 0.15) is 0 Å². The maximum absolute atomic E-state index is 11.9. The van der Waals surface area contributed by atoms with Crippen molar-refractivity contribution in [2.45, 2.75) is 6.92 Å². The topological polar surface area (TPSA) is 0 Å². The van der Waals surface area contributed by atoms with Crippen LogP contribution in [0.25, 0.3) is 6.08 Å². The van der Waals surface area contributed by atoms with Crippen molar-refractivity contribution in [2.75, 3.05) is 0 Å². The number of halogens is 4. The van der Waals surface area contributed by atoms with E-state index in [1.807, 2.05) is 6.92 Å². The summed E-state index contributed by atoms with van der Waals surface area (Å²) in [6.07, 6.45) is 0.988. The van der Waals surface area contributed by atoms with Crippen LogP contribution >= 0.6 is 11.6 Å². The van der Waals surface area contributed by atoms with Gasteiger partial charge < -0.3 is 12.9 Å². The normalized spacial score (nSPS) is 12.4. The van der Waals surface area contributed by atoms with Crippen LogP contribution in [-0.2, 0) is 0 Å². The first-order chi connectivity index (χ1) is 6.38. The molecule has 0 aliphatic rings. The molecule has 0 aromatic heterocycles. The first kappa shape index (κ1) is 11.2. The summed E-state index contributed by atoms with van der Waals surface area (Å²) < 4.78 is 35.7. The maximum Gasteiger partial charge on any atom is 0.502 e. The van der Waals surface area contributed by atoms with E-state index in [4.69, 9.17) is 11.6 Å². The van der Waals surface area contributed by atoms with E-state index in [0.29, 0.717) is 10.6 Å². The van der Waals surface area contributed by atoms with Crippen LogP contribution in [-0.4, -0.2) is 6.98 Å². The van der Waals surface area contributed by atoms with Crippen LogP contribution in [0.1, 0.15) is 11.1 Å². The lowest BCUT2D eigenvalue weighted by molar-refractivity contribution is 0.499. The van der Waals surface area contributed by atoms with Gasteiger partial charge in [0.2, 0.25) is 0 Å². The smallest absolute Gasteiger partial charge is 0.445 e. The van der Waals surface area contributed by atoms with Gasteiger partial charge in [-0.1, -0.05) is 29.8 Å². The summed E-state index contributed by atoms with van der Waals surface area (Å²) in [4.78, 5) is 0. The summed E-state index contributed by atoms with van der Waals surface area (Å²) in [6.45, 7) is -3.06. The van der Waals surface area contributed by atoms with E-state index < -0.39 is 6.98 Å². The van der Waals surface area contributed by atoms with Crippen LogP contribution in [0.4, 0.5) is 12.9 Å². The van der Waals surface area contributed by atoms with E-state index in [9.17, 15) is 12.9 Å². The van der Waals surface area contributed by atoms with Crippen LogP contribution in [0.15, 0.2) is 24.2 Å². The molecule has 0 aliphatic carbocycles. The summed E-state index contributed by atoms with van der Waals surface area (Å²) in [5.41, 5.74) is 1.31. The minimum Gasteiger partial charge on any atom is -0.445 e. The fraction of sp³-hybridized carbons (Fsp3) is 0.111. The molecule has 1 aromatic rings. The van der Waals surface area contributed by atoms with E-state index in [0.717, 1.165) is 11.6 Å². The van der Waals surface area contributed by atoms with E-state index >= 15 is 0 Å². The quantitative estimate of drug-likeness (QED) is 0.658. The largest absolute Gasteiger partial charge is 0.502 e. The highest BCUT2D eigenvalue weighted by Gasteiger charge is 2.17. The summed E-state index contributed by atoms with van der Waals surface area (Å²) in [7, 11) is 0. The Balaban J connectivity index is 2.93. The van der Waals surface area contributed by atoms with Crippen LogP contribution in [0, 0.1) is 6.92 Å². The molecule has 0 nitrogen and oxygen atoms in total. The molecule has 14 heavy (non-hydrogen) atoms. The molecule has 0 radical (unpaired) electrons. The molecule has 0 saturated heterocycles. The minimum absolute atomic E-state index is 0.233. The molecule has 5 heteroatoms. The van der Waals surface area contributed by atoms with Crippen molar-refractivity contribution in [2.24, 2.45) is 0 Å². The monoisotopic (exact) mass is 219 g/mol. The average molecular weight is 219 g/mol. The SMILES string of the molecule is Cc1ccc(/C=C/[B-](F)(F)F)c(Cl)c1. The number of hydrogen-bond acceptors (Lipinski definition) is 0. The number of aryl methyl sites for hydroxylation is 1. The lowest BCUT2D eigenvalue weighted by Gasteiger charge is -2.07. The zero-order chi connectivity index (χ0) is 10.8. The molecular formula is C9H8BClF3-. The van der Waals surface area contributed by atoms with Gasteiger partial charge in [-0.3, -0.25) is 0 Å². The molecule has 0 saturated carbocycles. The molecule has 0 fully saturated rings. The van der Waals surface area contributed by atoms with Crippen LogP contribution in [0.5, 0.6) is 0 Å². The molecule has 76 valence electrons. The standard InChI is InChI=1S/C9H8BClF3/c1-7-2-3-8(9(11)6-7)4-5-10(12,13)14/h2-6H,1H3/q-1/b5-4+. The molecule has 0 bridgehead atoms. The van der Waals surface area contributed by atoms with Crippen LogP contribution in [0.2, 0.25) is 5.02 Å². The summed E-state index contributed by atoms with van der Waals surface area (Å²) >= 11 is 5.75. The average Bonchev–Trinajstić information content (AvgIpc) is 2.00. The number of hydrogen-bond donors (Lipinski definition) is 0. The van der Waals surface area contributed by atoms with Gasteiger partial charge in [-0.2, -0.15) is 0 Å². The second kappa shape index (κ2) is 4.09. The first-order valence-corrected chi connectivity index (χ1v) is 4.41. The van der Waals surface area contributed by atoms with Gasteiger partial charge in [-0.25, -0.2) is 0 Å². The highest BCUT2D eigenvalue weighted by molar-refractivity contribution is 6.65. The maximum atomic E-state index is 11.9. The van der Waals surface area contributed by atoms with Gasteiger partial charge in [0.25, 0.3) is 0 Å². The zero-order valence-electron chi connectivity index (χ0n) is 7.48. The van der Waals surface area contributed by atoms with Crippen molar-refractivity contribution in [3.05, 3.63) is 40.3 Å². The van der Waals surface area contributed by atoms with Crippen molar-refractivity contribution >= 4 is 24.7 Å². The molecule has 0 unspecified atom stereocenters. The zero-order valence-corrected chi connectivity index (χ0v) is 8.23. The Morgan fingerprint density at radius 2 is 1.93 bits per heavy atom. The summed E-state index contributed by atoms with van der Waals surface area (Å²) in [5, 5.41) is 0.335. The molecule has 0 spiro atoms. The molecular weight excluding hydrogens is 211 g/mol. The molecule has 0 heterocycles. The van der Waals surface area contributed by atoms with Gasteiger partial charge in [-0.15, -0.1) is 5.98 Å².